The first kappa shape index (κ1) is 17.3. The lowest BCUT2D eigenvalue weighted by atomic mass is 10.1. The highest BCUT2D eigenvalue weighted by Gasteiger charge is 2.25. The lowest BCUT2D eigenvalue weighted by Crippen LogP contribution is -2.23. The quantitative estimate of drug-likeness (QED) is 0.521. The van der Waals surface area contributed by atoms with Crippen molar-refractivity contribution in [2.75, 3.05) is 11.9 Å². The number of thiophene rings is 1. The molecular formula is C21H22N6S. The first-order valence-electron chi connectivity index (χ1n) is 9.58. The fourth-order valence-electron chi connectivity index (χ4n) is 3.99. The van der Waals surface area contributed by atoms with Crippen molar-refractivity contribution in [1.82, 2.24) is 24.7 Å². The molecule has 0 N–H and O–H groups in total. The molecule has 0 spiro atoms. The van der Waals surface area contributed by atoms with Crippen LogP contribution in [-0.2, 0) is 12.8 Å². The van der Waals surface area contributed by atoms with Crippen LogP contribution in [0.1, 0.15) is 41.2 Å². The minimum atomic E-state index is 0.194. The van der Waals surface area contributed by atoms with Gasteiger partial charge >= 0.3 is 0 Å². The van der Waals surface area contributed by atoms with E-state index in [4.69, 9.17) is 9.97 Å². The Morgan fingerprint density at radius 1 is 1.14 bits per heavy atom. The first-order chi connectivity index (χ1) is 13.6. The van der Waals surface area contributed by atoms with Gasteiger partial charge in [-0.1, -0.05) is 12.1 Å². The standard InChI is InChI=1S/C21H22N6S/c1-13(15-7-9-16(10-8-15)27-12-22-11-23-27)26(3)20-19-17-5-4-6-18(17)28-21(19)25-14(2)24-20/h7-13H,4-6H2,1-3H3/t13-/m1/s1. The van der Waals surface area contributed by atoms with Crippen molar-refractivity contribution >= 4 is 27.4 Å². The Morgan fingerprint density at radius 3 is 2.71 bits per heavy atom. The van der Waals surface area contributed by atoms with Gasteiger partial charge in [-0.15, -0.1) is 11.3 Å². The predicted octanol–water partition coefficient (Wildman–Crippen LogP) is 4.27. The molecule has 1 aromatic carbocycles. The van der Waals surface area contributed by atoms with E-state index in [-0.39, 0.29) is 6.04 Å². The third-order valence-electron chi connectivity index (χ3n) is 5.63. The Balaban J connectivity index is 1.51. The summed E-state index contributed by atoms with van der Waals surface area (Å²) >= 11 is 1.85. The zero-order valence-electron chi connectivity index (χ0n) is 16.3. The first-order valence-corrected chi connectivity index (χ1v) is 10.4. The number of hydrogen-bond donors (Lipinski definition) is 0. The Bertz CT molecular complexity index is 1130. The molecule has 142 valence electrons. The van der Waals surface area contributed by atoms with Crippen LogP contribution in [0.15, 0.2) is 36.9 Å². The van der Waals surface area contributed by atoms with Gasteiger partial charge in [0.25, 0.3) is 0 Å². The van der Waals surface area contributed by atoms with Crippen LogP contribution in [0, 0.1) is 6.92 Å². The van der Waals surface area contributed by atoms with Gasteiger partial charge in [0.2, 0.25) is 0 Å². The molecule has 4 aromatic rings. The molecule has 1 aliphatic rings. The van der Waals surface area contributed by atoms with Crippen LogP contribution in [0.3, 0.4) is 0 Å². The van der Waals surface area contributed by atoms with Crippen molar-refractivity contribution in [3.63, 3.8) is 0 Å². The Hall–Kier alpha value is -2.80. The molecule has 3 heterocycles. The molecular weight excluding hydrogens is 368 g/mol. The second-order valence-electron chi connectivity index (χ2n) is 7.35. The van der Waals surface area contributed by atoms with Gasteiger partial charge in [-0.25, -0.2) is 19.6 Å². The van der Waals surface area contributed by atoms with Crippen LogP contribution < -0.4 is 4.90 Å². The van der Waals surface area contributed by atoms with Crippen molar-refractivity contribution in [3.05, 3.63) is 58.7 Å². The Morgan fingerprint density at radius 2 is 1.96 bits per heavy atom. The summed E-state index contributed by atoms with van der Waals surface area (Å²) in [4.78, 5) is 18.5. The van der Waals surface area contributed by atoms with E-state index in [0.717, 1.165) is 28.6 Å². The van der Waals surface area contributed by atoms with Crippen LogP contribution in [-0.4, -0.2) is 31.8 Å². The molecule has 0 unspecified atom stereocenters. The molecule has 1 aliphatic carbocycles. The fourth-order valence-corrected chi connectivity index (χ4v) is 5.29. The minimum Gasteiger partial charge on any atom is -0.352 e. The molecule has 5 rings (SSSR count). The average Bonchev–Trinajstić information content (AvgIpc) is 3.43. The van der Waals surface area contributed by atoms with Crippen molar-refractivity contribution in [2.24, 2.45) is 0 Å². The maximum Gasteiger partial charge on any atom is 0.141 e. The summed E-state index contributed by atoms with van der Waals surface area (Å²) in [5.74, 6) is 1.89. The summed E-state index contributed by atoms with van der Waals surface area (Å²) in [5.41, 5.74) is 3.71. The summed E-state index contributed by atoms with van der Waals surface area (Å²) in [7, 11) is 2.14. The minimum absolute atomic E-state index is 0.194. The zero-order valence-corrected chi connectivity index (χ0v) is 17.1. The maximum atomic E-state index is 4.85. The summed E-state index contributed by atoms with van der Waals surface area (Å²) in [6, 6.07) is 8.66. The van der Waals surface area contributed by atoms with Crippen molar-refractivity contribution in [2.45, 2.75) is 39.2 Å². The molecule has 0 bridgehead atoms. The van der Waals surface area contributed by atoms with E-state index in [1.807, 2.05) is 18.3 Å². The molecule has 3 aromatic heterocycles. The topological polar surface area (TPSA) is 59.7 Å². The lowest BCUT2D eigenvalue weighted by molar-refractivity contribution is 0.728. The number of hydrogen-bond acceptors (Lipinski definition) is 6. The second kappa shape index (κ2) is 6.67. The van der Waals surface area contributed by atoms with Crippen molar-refractivity contribution < 1.29 is 0 Å². The number of benzene rings is 1. The molecule has 0 radical (unpaired) electrons. The van der Waals surface area contributed by atoms with E-state index >= 15 is 0 Å². The van der Waals surface area contributed by atoms with Crippen LogP contribution in [0.4, 0.5) is 5.82 Å². The van der Waals surface area contributed by atoms with Gasteiger partial charge in [0.1, 0.15) is 29.1 Å². The van der Waals surface area contributed by atoms with E-state index < -0.39 is 0 Å². The van der Waals surface area contributed by atoms with Crippen LogP contribution in [0.5, 0.6) is 0 Å². The van der Waals surface area contributed by atoms with Crippen LogP contribution >= 0.6 is 11.3 Å². The summed E-state index contributed by atoms with van der Waals surface area (Å²) < 4.78 is 1.77. The van der Waals surface area contributed by atoms with E-state index in [1.165, 1.54) is 34.2 Å². The molecule has 28 heavy (non-hydrogen) atoms. The summed E-state index contributed by atoms with van der Waals surface area (Å²) in [5, 5.41) is 5.46. The molecule has 7 heteroatoms. The number of aromatic nitrogens is 5. The van der Waals surface area contributed by atoms with E-state index in [1.54, 1.807) is 17.3 Å². The molecule has 0 aliphatic heterocycles. The highest BCUT2D eigenvalue weighted by molar-refractivity contribution is 7.19. The monoisotopic (exact) mass is 390 g/mol. The van der Waals surface area contributed by atoms with Gasteiger partial charge < -0.3 is 4.90 Å². The summed E-state index contributed by atoms with van der Waals surface area (Å²) in [6.45, 7) is 4.21. The van der Waals surface area contributed by atoms with Crippen LogP contribution in [0.2, 0.25) is 0 Å². The van der Waals surface area contributed by atoms with Gasteiger partial charge in [-0.3, -0.25) is 0 Å². The van der Waals surface area contributed by atoms with E-state index in [9.17, 15) is 0 Å². The predicted molar refractivity (Wildman–Crippen MR) is 112 cm³/mol. The van der Waals surface area contributed by atoms with E-state index in [2.05, 4.69) is 53.2 Å². The number of nitrogens with zero attached hydrogens (tertiary/aromatic N) is 6. The Labute approximate surface area is 167 Å². The SMILES string of the molecule is Cc1nc(N(C)[C@H](C)c2ccc(-n3cncn3)cc2)c2c3c(sc2n1)CCC3. The van der Waals surface area contributed by atoms with Crippen molar-refractivity contribution in [3.8, 4) is 5.69 Å². The average molecular weight is 391 g/mol. The number of anilines is 1. The molecule has 1 atom stereocenters. The van der Waals surface area contributed by atoms with Gasteiger partial charge in [0.05, 0.1) is 17.1 Å². The Kier molecular flexibility index (Phi) is 4.12. The lowest BCUT2D eigenvalue weighted by Gasteiger charge is -2.27. The van der Waals surface area contributed by atoms with Crippen molar-refractivity contribution in [1.29, 1.82) is 0 Å². The summed E-state index contributed by atoms with van der Waals surface area (Å²) in [6.07, 6.45) is 6.82. The second-order valence-corrected chi connectivity index (χ2v) is 8.43. The third-order valence-corrected chi connectivity index (χ3v) is 6.82. The molecule has 0 amide bonds. The maximum absolute atomic E-state index is 4.85. The molecule has 0 saturated carbocycles. The number of fused-ring (bicyclic) bond motifs is 3. The van der Waals surface area contributed by atoms with Gasteiger partial charge in [0, 0.05) is 11.9 Å². The zero-order chi connectivity index (χ0) is 19.3. The largest absolute Gasteiger partial charge is 0.352 e. The third kappa shape index (κ3) is 2.77. The van der Waals surface area contributed by atoms with Gasteiger partial charge in [-0.05, 0) is 56.4 Å². The number of rotatable bonds is 4. The molecule has 6 nitrogen and oxygen atoms in total. The molecule has 0 fully saturated rings. The highest BCUT2D eigenvalue weighted by Crippen LogP contribution is 2.41. The van der Waals surface area contributed by atoms with Crippen LogP contribution in [0.25, 0.3) is 15.9 Å². The number of aryl methyl sites for hydroxylation is 3. The fraction of sp³-hybridized carbons (Fsp3) is 0.333. The molecule has 0 saturated heterocycles. The van der Waals surface area contributed by atoms with Gasteiger partial charge in [0.15, 0.2) is 0 Å². The van der Waals surface area contributed by atoms with E-state index in [0.29, 0.717) is 0 Å². The van der Waals surface area contributed by atoms with Gasteiger partial charge in [-0.2, -0.15) is 5.10 Å². The normalized spacial score (nSPS) is 14.4. The highest BCUT2D eigenvalue weighted by atomic mass is 32.1. The smallest absolute Gasteiger partial charge is 0.141 e.